The van der Waals surface area contributed by atoms with Crippen molar-refractivity contribution in [2.45, 2.75) is 89.1 Å². The molecule has 5 rings (SSSR count). The Bertz CT molecular complexity index is 679. The average Bonchev–Trinajstić information content (AvgIpc) is 2.80. The van der Waals surface area contributed by atoms with Gasteiger partial charge >= 0.3 is 0 Å². The number of hydrogen-bond acceptors (Lipinski definition) is 4. The Labute approximate surface area is 186 Å². The lowest BCUT2D eigenvalue weighted by molar-refractivity contribution is -0.531. The minimum Gasteiger partial charge on any atom is -0.356 e. The molecule has 0 aromatic carbocycles. The van der Waals surface area contributed by atoms with Crippen LogP contribution in [0.2, 0.25) is 0 Å². The van der Waals surface area contributed by atoms with Gasteiger partial charge in [0.2, 0.25) is 11.9 Å². The van der Waals surface area contributed by atoms with Crippen LogP contribution in [0.3, 0.4) is 0 Å². The van der Waals surface area contributed by atoms with Crippen LogP contribution in [0.15, 0.2) is 0 Å². The average molecular weight is 432 g/mol. The topological polar surface area (TPSA) is 84.3 Å². The zero-order chi connectivity index (χ0) is 21.5. The molecule has 31 heavy (non-hydrogen) atoms. The van der Waals surface area contributed by atoms with Crippen molar-refractivity contribution in [1.82, 2.24) is 10.6 Å². The molecule has 0 aliphatic heterocycles. The van der Waals surface area contributed by atoms with Gasteiger partial charge in [-0.25, -0.2) is 0 Å². The standard InChI is InChI=1S/C25H41N3O3/c1-26-21-12-10-18(13-22(21)28(30)31)25(29)27-14-19-8-7-17-6-5-15-3-2-4-16-9-11-20(19)24(17)23(15)16/h15-24,26H,2-14H2,1H3,(H,27,29). The Hall–Kier alpha value is -1.17. The van der Waals surface area contributed by atoms with E-state index in [2.05, 4.69) is 10.6 Å². The maximum absolute atomic E-state index is 13.0. The van der Waals surface area contributed by atoms with Crippen molar-refractivity contribution < 1.29 is 9.72 Å². The highest BCUT2D eigenvalue weighted by atomic mass is 16.6. The van der Waals surface area contributed by atoms with E-state index in [-0.39, 0.29) is 22.8 Å². The zero-order valence-electron chi connectivity index (χ0n) is 19.1. The van der Waals surface area contributed by atoms with Crippen LogP contribution in [0, 0.1) is 57.5 Å². The minimum atomic E-state index is -0.648. The second kappa shape index (κ2) is 8.99. The molecule has 0 aromatic rings. The SMILES string of the molecule is CNC1CCC(C(=O)NCC2CCC3CCC4CCCC5CCC2C3C45)CC1[N+](=O)[O-]. The molecule has 10 unspecified atom stereocenters. The minimum absolute atomic E-state index is 0.0661. The summed E-state index contributed by atoms with van der Waals surface area (Å²) in [6, 6.07) is -0.759. The van der Waals surface area contributed by atoms with Gasteiger partial charge in [0.15, 0.2) is 0 Å². The molecule has 5 aliphatic rings. The summed E-state index contributed by atoms with van der Waals surface area (Å²) in [5.41, 5.74) is 0. The van der Waals surface area contributed by atoms with Crippen molar-refractivity contribution in [3.8, 4) is 0 Å². The largest absolute Gasteiger partial charge is 0.356 e. The molecule has 1 amide bonds. The van der Waals surface area contributed by atoms with Crippen LogP contribution in [0.5, 0.6) is 0 Å². The number of rotatable bonds is 5. The number of hydrogen-bond donors (Lipinski definition) is 2. The first-order chi connectivity index (χ1) is 15.1. The fourth-order valence-electron chi connectivity index (χ4n) is 9.00. The summed E-state index contributed by atoms with van der Waals surface area (Å²) in [4.78, 5) is 24.2. The molecule has 0 spiro atoms. The van der Waals surface area contributed by atoms with E-state index >= 15 is 0 Å². The number of amides is 1. The molecule has 174 valence electrons. The third-order valence-corrected chi connectivity index (χ3v) is 10.4. The highest BCUT2D eigenvalue weighted by molar-refractivity contribution is 5.78. The Kier molecular flexibility index (Phi) is 6.28. The van der Waals surface area contributed by atoms with Crippen LogP contribution in [0.4, 0.5) is 0 Å². The molecule has 0 bridgehead atoms. The van der Waals surface area contributed by atoms with Gasteiger partial charge in [-0.15, -0.1) is 0 Å². The van der Waals surface area contributed by atoms with Crippen molar-refractivity contribution in [3.05, 3.63) is 10.1 Å². The number of nitrogens with one attached hydrogen (secondary N) is 2. The predicted octanol–water partition coefficient (Wildman–Crippen LogP) is 4.01. The van der Waals surface area contributed by atoms with E-state index in [1.807, 2.05) is 0 Å². The number of carbonyl (C=O) groups excluding carboxylic acids is 1. The van der Waals surface area contributed by atoms with Crippen LogP contribution in [0.25, 0.3) is 0 Å². The first-order valence-electron chi connectivity index (χ1n) is 13.1. The molecule has 5 saturated carbocycles. The Morgan fingerprint density at radius 3 is 2.29 bits per heavy atom. The van der Waals surface area contributed by atoms with Gasteiger partial charge in [0.1, 0.15) is 0 Å². The monoisotopic (exact) mass is 431 g/mol. The third-order valence-electron chi connectivity index (χ3n) is 10.4. The highest BCUT2D eigenvalue weighted by Gasteiger charge is 2.53. The van der Waals surface area contributed by atoms with Gasteiger partial charge in [-0.1, -0.05) is 19.3 Å². The van der Waals surface area contributed by atoms with Gasteiger partial charge in [-0.05, 0) is 99.8 Å². The zero-order valence-corrected chi connectivity index (χ0v) is 19.1. The molecular weight excluding hydrogens is 390 g/mol. The van der Waals surface area contributed by atoms with E-state index in [1.165, 1.54) is 57.8 Å². The number of nitrogens with zero attached hydrogens (tertiary/aromatic N) is 1. The second-order valence-electron chi connectivity index (χ2n) is 11.5. The summed E-state index contributed by atoms with van der Waals surface area (Å²) in [5.74, 6) is 6.08. The summed E-state index contributed by atoms with van der Waals surface area (Å²) < 4.78 is 0. The molecule has 5 fully saturated rings. The van der Waals surface area contributed by atoms with E-state index in [4.69, 9.17) is 0 Å². The van der Waals surface area contributed by atoms with Gasteiger partial charge in [-0.2, -0.15) is 0 Å². The Morgan fingerprint density at radius 2 is 1.58 bits per heavy atom. The van der Waals surface area contributed by atoms with Gasteiger partial charge in [0.05, 0.1) is 6.04 Å². The summed E-state index contributed by atoms with van der Waals surface area (Å²) in [6.07, 6.45) is 14.5. The maximum Gasteiger partial charge on any atom is 0.228 e. The number of carbonyl (C=O) groups is 1. The van der Waals surface area contributed by atoms with Gasteiger partial charge < -0.3 is 10.6 Å². The first kappa shape index (κ1) is 21.7. The van der Waals surface area contributed by atoms with E-state index < -0.39 is 6.04 Å². The quantitative estimate of drug-likeness (QED) is 0.509. The van der Waals surface area contributed by atoms with Crippen LogP contribution >= 0.6 is 0 Å². The normalized spacial score (nSPS) is 46.6. The fourth-order valence-corrected chi connectivity index (χ4v) is 9.00. The van der Waals surface area contributed by atoms with Crippen molar-refractivity contribution in [3.63, 3.8) is 0 Å². The summed E-state index contributed by atoms with van der Waals surface area (Å²) in [5, 5.41) is 17.8. The molecule has 6 heteroatoms. The molecular formula is C25H41N3O3. The van der Waals surface area contributed by atoms with Crippen LogP contribution in [-0.2, 0) is 4.79 Å². The first-order valence-corrected chi connectivity index (χ1v) is 13.1. The summed E-state index contributed by atoms with van der Waals surface area (Å²) >= 11 is 0. The Balaban J connectivity index is 1.20. The fraction of sp³-hybridized carbons (Fsp3) is 0.960. The molecule has 10 atom stereocenters. The van der Waals surface area contributed by atoms with Crippen molar-refractivity contribution >= 4 is 5.91 Å². The molecule has 5 aliphatic carbocycles. The van der Waals surface area contributed by atoms with E-state index in [0.29, 0.717) is 18.8 Å². The van der Waals surface area contributed by atoms with Crippen molar-refractivity contribution in [1.29, 1.82) is 0 Å². The number of likely N-dealkylation sites (N-methyl/N-ethyl adjacent to an activating group) is 1. The van der Waals surface area contributed by atoms with Crippen molar-refractivity contribution in [2.75, 3.05) is 13.6 Å². The van der Waals surface area contributed by atoms with E-state index in [9.17, 15) is 14.9 Å². The smallest absolute Gasteiger partial charge is 0.228 e. The van der Waals surface area contributed by atoms with Crippen LogP contribution in [0.1, 0.15) is 77.0 Å². The third kappa shape index (κ3) is 4.02. The summed E-state index contributed by atoms with van der Waals surface area (Å²) in [7, 11) is 1.79. The highest BCUT2D eigenvalue weighted by Crippen LogP contribution is 2.60. The number of nitro groups is 1. The lowest BCUT2D eigenvalue weighted by Crippen LogP contribution is -2.53. The van der Waals surface area contributed by atoms with Gasteiger partial charge in [0.25, 0.3) is 0 Å². The lowest BCUT2D eigenvalue weighted by atomic mass is 9.46. The molecule has 0 radical (unpaired) electrons. The second-order valence-corrected chi connectivity index (χ2v) is 11.5. The lowest BCUT2D eigenvalue weighted by Gasteiger charge is -2.59. The van der Waals surface area contributed by atoms with Gasteiger partial charge in [-0.3, -0.25) is 14.9 Å². The molecule has 0 saturated heterocycles. The maximum atomic E-state index is 13.0. The van der Waals surface area contributed by atoms with E-state index in [0.717, 1.165) is 48.5 Å². The Morgan fingerprint density at radius 1 is 0.903 bits per heavy atom. The van der Waals surface area contributed by atoms with Crippen molar-refractivity contribution in [2.24, 2.45) is 47.3 Å². The van der Waals surface area contributed by atoms with Crippen LogP contribution in [-0.4, -0.2) is 36.5 Å². The van der Waals surface area contributed by atoms with E-state index in [1.54, 1.807) is 7.05 Å². The van der Waals surface area contributed by atoms with Gasteiger partial charge in [0, 0.05) is 23.8 Å². The van der Waals surface area contributed by atoms with Crippen LogP contribution < -0.4 is 10.6 Å². The molecule has 0 aromatic heterocycles. The summed E-state index contributed by atoms with van der Waals surface area (Å²) in [6.45, 7) is 0.795. The predicted molar refractivity (Wildman–Crippen MR) is 120 cm³/mol. The molecule has 0 heterocycles. The molecule has 6 nitrogen and oxygen atoms in total. The molecule has 2 N–H and O–H groups in total.